The number of amides is 1. The van der Waals surface area contributed by atoms with Crippen LogP contribution in [0.3, 0.4) is 0 Å². The number of fused-ring (bicyclic) bond motifs is 1. The minimum atomic E-state index is -0.470. The van der Waals surface area contributed by atoms with Crippen molar-refractivity contribution < 1.29 is 4.79 Å². The molecule has 3 rings (SSSR count). The Hall–Kier alpha value is -1.91. The summed E-state index contributed by atoms with van der Waals surface area (Å²) >= 11 is 0. The molecule has 0 radical (unpaired) electrons. The molecule has 2 aromatic rings. The first-order valence-corrected chi connectivity index (χ1v) is 4.91. The average molecular weight is 202 g/mol. The Morgan fingerprint density at radius 1 is 1.53 bits per heavy atom. The minimum Gasteiger partial charge on any atom is -0.364 e. The van der Waals surface area contributed by atoms with Gasteiger partial charge < -0.3 is 5.73 Å². The van der Waals surface area contributed by atoms with Crippen molar-refractivity contribution >= 4 is 11.6 Å². The van der Waals surface area contributed by atoms with Gasteiger partial charge in [-0.25, -0.2) is 9.50 Å². The first-order valence-electron chi connectivity index (χ1n) is 4.91. The second kappa shape index (κ2) is 2.79. The molecule has 5 heteroatoms. The highest BCUT2D eigenvalue weighted by Crippen LogP contribution is 2.41. The highest BCUT2D eigenvalue weighted by molar-refractivity contribution is 5.93. The maximum absolute atomic E-state index is 11.2. The van der Waals surface area contributed by atoms with Crippen LogP contribution in [0.25, 0.3) is 5.65 Å². The molecule has 1 fully saturated rings. The van der Waals surface area contributed by atoms with E-state index in [0.717, 1.165) is 18.5 Å². The highest BCUT2D eigenvalue weighted by Gasteiger charge is 2.32. The maximum Gasteiger partial charge on any atom is 0.269 e. The van der Waals surface area contributed by atoms with E-state index in [1.165, 1.54) is 0 Å². The monoisotopic (exact) mass is 202 g/mol. The Bertz CT molecular complexity index is 541. The SMILES string of the molecule is NC(=O)c1nc2cccnn2c1C1CC1. The van der Waals surface area contributed by atoms with Crippen LogP contribution in [0, 0.1) is 0 Å². The van der Waals surface area contributed by atoms with E-state index >= 15 is 0 Å². The molecule has 0 unspecified atom stereocenters. The third-order valence-electron chi connectivity index (χ3n) is 2.63. The van der Waals surface area contributed by atoms with Gasteiger partial charge in [0.25, 0.3) is 5.91 Å². The fraction of sp³-hybridized carbons (Fsp3) is 0.300. The maximum atomic E-state index is 11.2. The summed E-state index contributed by atoms with van der Waals surface area (Å²) in [4.78, 5) is 15.4. The smallest absolute Gasteiger partial charge is 0.269 e. The number of rotatable bonds is 2. The highest BCUT2D eigenvalue weighted by atomic mass is 16.1. The van der Waals surface area contributed by atoms with Crippen LogP contribution in [0.15, 0.2) is 18.3 Å². The zero-order chi connectivity index (χ0) is 10.4. The van der Waals surface area contributed by atoms with Gasteiger partial charge in [-0.1, -0.05) is 0 Å². The lowest BCUT2D eigenvalue weighted by molar-refractivity contribution is 0.0995. The number of carbonyl (C=O) groups is 1. The molecular weight excluding hydrogens is 192 g/mol. The van der Waals surface area contributed by atoms with Gasteiger partial charge in [-0.15, -0.1) is 0 Å². The van der Waals surface area contributed by atoms with Crippen molar-refractivity contribution in [3.05, 3.63) is 29.7 Å². The van der Waals surface area contributed by atoms with Gasteiger partial charge in [-0.3, -0.25) is 4.79 Å². The molecule has 76 valence electrons. The Labute approximate surface area is 85.9 Å². The van der Waals surface area contributed by atoms with Crippen molar-refractivity contribution in [2.45, 2.75) is 18.8 Å². The van der Waals surface area contributed by atoms with Gasteiger partial charge in [0.1, 0.15) is 0 Å². The number of imidazole rings is 1. The quantitative estimate of drug-likeness (QED) is 0.779. The van der Waals surface area contributed by atoms with E-state index in [1.807, 2.05) is 6.07 Å². The molecule has 0 saturated heterocycles. The lowest BCUT2D eigenvalue weighted by Gasteiger charge is -1.98. The molecule has 15 heavy (non-hydrogen) atoms. The third kappa shape index (κ3) is 1.20. The number of nitrogens with zero attached hydrogens (tertiary/aromatic N) is 3. The number of primary amides is 1. The molecule has 2 heterocycles. The largest absolute Gasteiger partial charge is 0.364 e. The van der Waals surface area contributed by atoms with E-state index in [2.05, 4.69) is 10.1 Å². The fourth-order valence-corrected chi connectivity index (χ4v) is 1.81. The minimum absolute atomic E-state index is 0.371. The van der Waals surface area contributed by atoms with Crippen LogP contribution < -0.4 is 5.73 Å². The predicted octanol–water partition coefficient (Wildman–Crippen LogP) is 0.706. The van der Waals surface area contributed by atoms with Crippen LogP contribution in [0.4, 0.5) is 0 Å². The van der Waals surface area contributed by atoms with Crippen molar-refractivity contribution in [1.29, 1.82) is 0 Å². The zero-order valence-electron chi connectivity index (χ0n) is 8.05. The molecule has 1 aliphatic carbocycles. The van der Waals surface area contributed by atoms with Crippen LogP contribution in [-0.2, 0) is 0 Å². The molecular formula is C10H10N4O. The normalized spacial score (nSPS) is 15.7. The Kier molecular flexibility index (Phi) is 1.56. The Balaban J connectivity index is 2.33. The summed E-state index contributed by atoms with van der Waals surface area (Å²) in [5.41, 5.74) is 7.23. The van der Waals surface area contributed by atoms with Crippen molar-refractivity contribution in [3.8, 4) is 0 Å². The molecule has 2 aromatic heterocycles. The van der Waals surface area contributed by atoms with Gasteiger partial charge in [0, 0.05) is 12.1 Å². The summed E-state index contributed by atoms with van der Waals surface area (Å²) in [5.74, 6) is -0.0696. The molecule has 2 N–H and O–H groups in total. The van der Waals surface area contributed by atoms with Gasteiger partial charge in [0.05, 0.1) is 5.69 Å². The molecule has 0 aliphatic heterocycles. The summed E-state index contributed by atoms with van der Waals surface area (Å²) in [6.45, 7) is 0. The summed E-state index contributed by atoms with van der Waals surface area (Å²) in [6.07, 6.45) is 3.86. The molecule has 5 nitrogen and oxygen atoms in total. The van der Waals surface area contributed by atoms with Gasteiger partial charge in [-0.05, 0) is 25.0 Å². The standard InChI is InChI=1S/C10H10N4O/c11-10(15)8-9(6-3-4-6)14-7(13-8)2-1-5-12-14/h1-2,5-6H,3-4H2,(H2,11,15). The Morgan fingerprint density at radius 2 is 2.33 bits per heavy atom. The van der Waals surface area contributed by atoms with E-state index in [9.17, 15) is 4.79 Å². The van der Waals surface area contributed by atoms with Crippen molar-refractivity contribution in [3.63, 3.8) is 0 Å². The number of carbonyl (C=O) groups excluding carboxylic acids is 1. The topological polar surface area (TPSA) is 73.3 Å². The summed E-state index contributed by atoms with van der Waals surface area (Å²) in [7, 11) is 0. The van der Waals surface area contributed by atoms with E-state index in [0.29, 0.717) is 17.3 Å². The van der Waals surface area contributed by atoms with E-state index in [4.69, 9.17) is 5.73 Å². The molecule has 0 spiro atoms. The Morgan fingerprint density at radius 3 is 3.00 bits per heavy atom. The van der Waals surface area contributed by atoms with Crippen LogP contribution in [0.2, 0.25) is 0 Å². The lowest BCUT2D eigenvalue weighted by Crippen LogP contribution is -2.14. The van der Waals surface area contributed by atoms with Crippen LogP contribution in [0.5, 0.6) is 0 Å². The number of hydrogen-bond donors (Lipinski definition) is 1. The number of aromatic nitrogens is 3. The molecule has 0 atom stereocenters. The lowest BCUT2D eigenvalue weighted by atomic mass is 10.2. The average Bonchev–Trinajstić information content (AvgIpc) is 2.98. The van der Waals surface area contributed by atoms with Gasteiger partial charge in [-0.2, -0.15) is 5.10 Å². The molecule has 1 saturated carbocycles. The molecule has 1 aliphatic rings. The second-order valence-corrected chi connectivity index (χ2v) is 3.78. The molecule has 0 aromatic carbocycles. The van der Waals surface area contributed by atoms with E-state index in [1.54, 1.807) is 16.8 Å². The zero-order valence-corrected chi connectivity index (χ0v) is 8.05. The summed E-state index contributed by atoms with van der Waals surface area (Å²) in [5, 5.41) is 4.19. The number of nitrogens with two attached hydrogens (primary N) is 1. The predicted molar refractivity (Wildman–Crippen MR) is 53.5 cm³/mol. The van der Waals surface area contributed by atoms with Gasteiger partial charge in [0.15, 0.2) is 11.3 Å². The molecule has 1 amide bonds. The summed E-state index contributed by atoms with van der Waals surface area (Å²) in [6, 6.07) is 3.62. The second-order valence-electron chi connectivity index (χ2n) is 3.78. The summed E-state index contributed by atoms with van der Waals surface area (Å²) < 4.78 is 1.72. The molecule has 0 bridgehead atoms. The van der Waals surface area contributed by atoms with Crippen molar-refractivity contribution in [2.75, 3.05) is 0 Å². The van der Waals surface area contributed by atoms with Crippen LogP contribution in [-0.4, -0.2) is 20.5 Å². The van der Waals surface area contributed by atoms with Gasteiger partial charge in [0.2, 0.25) is 0 Å². The van der Waals surface area contributed by atoms with Crippen LogP contribution in [0.1, 0.15) is 34.9 Å². The van der Waals surface area contributed by atoms with E-state index in [-0.39, 0.29) is 0 Å². The number of hydrogen-bond acceptors (Lipinski definition) is 3. The fourth-order valence-electron chi connectivity index (χ4n) is 1.81. The third-order valence-corrected chi connectivity index (χ3v) is 2.63. The van der Waals surface area contributed by atoms with Gasteiger partial charge >= 0.3 is 0 Å². The van der Waals surface area contributed by atoms with E-state index < -0.39 is 5.91 Å². The first-order chi connectivity index (χ1) is 7.27. The van der Waals surface area contributed by atoms with Crippen molar-refractivity contribution in [2.24, 2.45) is 5.73 Å². The van der Waals surface area contributed by atoms with Crippen molar-refractivity contribution in [1.82, 2.24) is 14.6 Å². The van der Waals surface area contributed by atoms with Crippen LogP contribution >= 0.6 is 0 Å². The first kappa shape index (κ1) is 8.40.